The first-order valence-electron chi connectivity index (χ1n) is 7.35. The molecule has 2 N–H and O–H groups in total. The number of nitrogens with one attached hydrogen (secondary N) is 1. The van der Waals surface area contributed by atoms with Gasteiger partial charge >= 0.3 is 0 Å². The van der Waals surface area contributed by atoms with Crippen LogP contribution in [0.1, 0.15) is 41.5 Å². The van der Waals surface area contributed by atoms with E-state index in [0.29, 0.717) is 0 Å². The SMILES string of the molecule is OC[C@@H](NCc1ccc(C2CC2)cc1)c1ccccc1. The Bertz CT molecular complexity index is 531. The molecule has 0 radical (unpaired) electrons. The lowest BCUT2D eigenvalue weighted by molar-refractivity contribution is 0.243. The highest BCUT2D eigenvalue weighted by atomic mass is 16.3. The highest BCUT2D eigenvalue weighted by Gasteiger charge is 2.22. The van der Waals surface area contributed by atoms with Gasteiger partial charge in [-0.25, -0.2) is 0 Å². The van der Waals surface area contributed by atoms with Gasteiger partial charge in [-0.15, -0.1) is 0 Å². The van der Waals surface area contributed by atoms with Crippen molar-refractivity contribution in [1.82, 2.24) is 5.32 Å². The molecule has 0 amide bonds. The molecule has 0 bridgehead atoms. The average Bonchev–Trinajstić information content (AvgIpc) is 3.34. The molecule has 2 nitrogen and oxygen atoms in total. The van der Waals surface area contributed by atoms with Crippen LogP contribution in [-0.4, -0.2) is 11.7 Å². The second-order valence-corrected chi connectivity index (χ2v) is 5.54. The van der Waals surface area contributed by atoms with E-state index >= 15 is 0 Å². The molecule has 2 heteroatoms. The fourth-order valence-electron chi connectivity index (χ4n) is 2.54. The Morgan fingerprint density at radius 3 is 2.30 bits per heavy atom. The van der Waals surface area contributed by atoms with Crippen molar-refractivity contribution in [1.29, 1.82) is 0 Å². The standard InChI is InChI=1S/C18H21NO/c20-13-18(17-4-2-1-3-5-17)19-12-14-6-8-15(9-7-14)16-10-11-16/h1-9,16,18-20H,10-13H2/t18-/m1/s1. The fraction of sp³-hybridized carbons (Fsp3) is 0.333. The van der Waals surface area contributed by atoms with Crippen molar-refractivity contribution < 1.29 is 5.11 Å². The maximum Gasteiger partial charge on any atom is 0.0626 e. The quantitative estimate of drug-likeness (QED) is 0.841. The molecule has 0 heterocycles. The summed E-state index contributed by atoms with van der Waals surface area (Å²) in [5, 5.41) is 12.9. The topological polar surface area (TPSA) is 32.3 Å². The Morgan fingerprint density at radius 2 is 1.70 bits per heavy atom. The van der Waals surface area contributed by atoms with E-state index in [-0.39, 0.29) is 12.6 Å². The minimum Gasteiger partial charge on any atom is -0.394 e. The van der Waals surface area contributed by atoms with Crippen LogP contribution in [0.2, 0.25) is 0 Å². The van der Waals surface area contributed by atoms with E-state index in [2.05, 4.69) is 29.6 Å². The maximum absolute atomic E-state index is 9.52. The number of benzene rings is 2. The highest BCUT2D eigenvalue weighted by molar-refractivity contribution is 5.28. The van der Waals surface area contributed by atoms with Crippen molar-refractivity contribution in [2.75, 3.05) is 6.61 Å². The first-order valence-corrected chi connectivity index (χ1v) is 7.35. The van der Waals surface area contributed by atoms with Crippen LogP contribution < -0.4 is 5.32 Å². The van der Waals surface area contributed by atoms with Crippen LogP contribution in [0.4, 0.5) is 0 Å². The molecule has 0 unspecified atom stereocenters. The molecule has 104 valence electrons. The molecule has 20 heavy (non-hydrogen) atoms. The van der Waals surface area contributed by atoms with Crippen molar-refractivity contribution in [2.24, 2.45) is 0 Å². The molecule has 2 aromatic carbocycles. The molecule has 1 aliphatic carbocycles. The zero-order chi connectivity index (χ0) is 13.8. The molecule has 1 aliphatic rings. The number of rotatable bonds is 6. The summed E-state index contributed by atoms with van der Waals surface area (Å²) >= 11 is 0. The zero-order valence-electron chi connectivity index (χ0n) is 11.6. The number of hydrogen-bond donors (Lipinski definition) is 2. The third-order valence-electron chi connectivity index (χ3n) is 3.97. The molecule has 2 aromatic rings. The van der Waals surface area contributed by atoms with Crippen molar-refractivity contribution in [3.8, 4) is 0 Å². The van der Waals surface area contributed by atoms with Gasteiger partial charge in [0.15, 0.2) is 0 Å². The molecule has 1 atom stereocenters. The summed E-state index contributed by atoms with van der Waals surface area (Å²) in [4.78, 5) is 0. The predicted molar refractivity (Wildman–Crippen MR) is 81.5 cm³/mol. The van der Waals surface area contributed by atoms with Gasteiger partial charge in [0.25, 0.3) is 0 Å². The molecule has 0 saturated heterocycles. The van der Waals surface area contributed by atoms with Crippen LogP contribution in [0, 0.1) is 0 Å². The summed E-state index contributed by atoms with van der Waals surface area (Å²) in [5.74, 6) is 0.812. The van der Waals surface area contributed by atoms with Gasteiger partial charge in [0, 0.05) is 6.54 Å². The van der Waals surface area contributed by atoms with E-state index < -0.39 is 0 Å². The first kappa shape index (κ1) is 13.3. The van der Waals surface area contributed by atoms with Crippen LogP contribution in [-0.2, 0) is 6.54 Å². The van der Waals surface area contributed by atoms with Crippen LogP contribution in [0.25, 0.3) is 0 Å². The molecule has 0 aliphatic heterocycles. The van der Waals surface area contributed by atoms with Crippen LogP contribution in [0.5, 0.6) is 0 Å². The van der Waals surface area contributed by atoms with Crippen LogP contribution >= 0.6 is 0 Å². The summed E-state index contributed by atoms with van der Waals surface area (Å²) in [6, 6.07) is 19.0. The summed E-state index contributed by atoms with van der Waals surface area (Å²) < 4.78 is 0. The Kier molecular flexibility index (Phi) is 4.14. The lowest BCUT2D eigenvalue weighted by atomic mass is 10.1. The average molecular weight is 267 g/mol. The largest absolute Gasteiger partial charge is 0.394 e. The molecule has 0 aromatic heterocycles. The third-order valence-corrected chi connectivity index (χ3v) is 3.97. The van der Waals surface area contributed by atoms with E-state index in [1.807, 2.05) is 30.3 Å². The molecule has 0 spiro atoms. The van der Waals surface area contributed by atoms with Gasteiger partial charge in [-0.3, -0.25) is 0 Å². The van der Waals surface area contributed by atoms with Gasteiger partial charge in [0.2, 0.25) is 0 Å². The van der Waals surface area contributed by atoms with Crippen molar-refractivity contribution in [3.05, 3.63) is 71.3 Å². The van der Waals surface area contributed by atoms with E-state index in [1.54, 1.807) is 0 Å². The predicted octanol–water partition coefficient (Wildman–Crippen LogP) is 3.39. The minimum atomic E-state index is -0.000640. The Hall–Kier alpha value is -1.64. The van der Waals surface area contributed by atoms with Gasteiger partial charge in [0.05, 0.1) is 12.6 Å². The lowest BCUT2D eigenvalue weighted by Crippen LogP contribution is -2.23. The molecule has 1 saturated carbocycles. The monoisotopic (exact) mass is 267 g/mol. The normalized spacial score (nSPS) is 16.1. The van der Waals surface area contributed by atoms with E-state index in [4.69, 9.17) is 0 Å². The second-order valence-electron chi connectivity index (χ2n) is 5.54. The van der Waals surface area contributed by atoms with Crippen molar-refractivity contribution in [2.45, 2.75) is 31.3 Å². The van der Waals surface area contributed by atoms with Crippen LogP contribution in [0.3, 0.4) is 0 Å². The van der Waals surface area contributed by atoms with Crippen LogP contribution in [0.15, 0.2) is 54.6 Å². The molecule has 1 fully saturated rings. The Labute approximate surface area is 120 Å². The highest BCUT2D eigenvalue weighted by Crippen LogP contribution is 2.39. The van der Waals surface area contributed by atoms with Crippen molar-refractivity contribution in [3.63, 3.8) is 0 Å². The van der Waals surface area contributed by atoms with Gasteiger partial charge in [0.1, 0.15) is 0 Å². The Morgan fingerprint density at radius 1 is 1.00 bits per heavy atom. The van der Waals surface area contributed by atoms with E-state index in [9.17, 15) is 5.11 Å². The van der Waals surface area contributed by atoms with Gasteiger partial charge < -0.3 is 10.4 Å². The minimum absolute atomic E-state index is 0.000640. The zero-order valence-corrected chi connectivity index (χ0v) is 11.6. The summed E-state index contributed by atoms with van der Waals surface area (Å²) in [5.41, 5.74) is 3.86. The molecular formula is C18H21NO. The van der Waals surface area contributed by atoms with Gasteiger partial charge in [-0.2, -0.15) is 0 Å². The third kappa shape index (κ3) is 3.27. The van der Waals surface area contributed by atoms with Gasteiger partial charge in [-0.05, 0) is 35.4 Å². The van der Waals surface area contributed by atoms with E-state index in [1.165, 1.54) is 24.0 Å². The van der Waals surface area contributed by atoms with Gasteiger partial charge in [-0.1, -0.05) is 54.6 Å². The maximum atomic E-state index is 9.52. The fourth-order valence-corrected chi connectivity index (χ4v) is 2.54. The van der Waals surface area contributed by atoms with Crippen molar-refractivity contribution >= 4 is 0 Å². The number of aliphatic hydroxyl groups excluding tert-OH is 1. The second kappa shape index (κ2) is 6.21. The lowest BCUT2D eigenvalue weighted by Gasteiger charge is -2.17. The first-order chi connectivity index (χ1) is 9.86. The smallest absolute Gasteiger partial charge is 0.0626 e. The molecular weight excluding hydrogens is 246 g/mol. The molecule has 3 rings (SSSR count). The summed E-state index contributed by atoms with van der Waals surface area (Å²) in [6.07, 6.45) is 2.69. The number of hydrogen-bond acceptors (Lipinski definition) is 2. The Balaban J connectivity index is 1.59. The summed E-state index contributed by atoms with van der Waals surface area (Å²) in [6.45, 7) is 0.898. The summed E-state index contributed by atoms with van der Waals surface area (Å²) in [7, 11) is 0. The van der Waals surface area contributed by atoms with E-state index in [0.717, 1.165) is 18.0 Å². The number of aliphatic hydroxyl groups is 1.